The topological polar surface area (TPSA) is 27.3 Å². The summed E-state index contributed by atoms with van der Waals surface area (Å²) in [5.74, 6) is 0. The Kier molecular flexibility index (Phi) is 5.44. The summed E-state index contributed by atoms with van der Waals surface area (Å²) >= 11 is 11.7. The van der Waals surface area contributed by atoms with E-state index in [-0.39, 0.29) is 0 Å². The van der Waals surface area contributed by atoms with Gasteiger partial charge < -0.3 is 10.6 Å². The third-order valence-electron chi connectivity index (χ3n) is 5.55. The van der Waals surface area contributed by atoms with Crippen LogP contribution < -0.4 is 10.6 Å². The van der Waals surface area contributed by atoms with Gasteiger partial charge >= 0.3 is 0 Å². The molecule has 26 heavy (non-hydrogen) atoms. The summed E-state index contributed by atoms with van der Waals surface area (Å²) in [5, 5.41) is 8.10. The fourth-order valence-electron chi connectivity index (χ4n) is 4.35. The Balaban J connectivity index is 1.34. The summed E-state index contributed by atoms with van der Waals surface area (Å²) in [7, 11) is 0. The maximum absolute atomic E-state index is 6.21. The van der Waals surface area contributed by atoms with E-state index in [1.54, 1.807) is 0 Å². The molecule has 0 aliphatic carbocycles. The van der Waals surface area contributed by atoms with E-state index in [9.17, 15) is 0 Å². The summed E-state index contributed by atoms with van der Waals surface area (Å²) in [6, 6.07) is 20.2. The minimum atomic E-state index is 0.432. The molecule has 0 radical (unpaired) electrons. The number of benzene rings is 2. The molecule has 2 bridgehead atoms. The first-order valence-corrected chi connectivity index (χ1v) is 10.1. The first-order chi connectivity index (χ1) is 12.7. The minimum Gasteiger partial charge on any atom is -0.360 e. The molecule has 2 aliphatic heterocycles. The van der Waals surface area contributed by atoms with Gasteiger partial charge in [0.05, 0.1) is 10.7 Å². The van der Waals surface area contributed by atoms with Gasteiger partial charge in [-0.3, -0.25) is 4.90 Å². The van der Waals surface area contributed by atoms with Crippen molar-refractivity contribution in [1.82, 2.24) is 10.2 Å². The third-order valence-corrected chi connectivity index (χ3v) is 6.10. The number of nitrogens with zero attached hydrogens (tertiary/aromatic N) is 1. The van der Waals surface area contributed by atoms with Gasteiger partial charge in [0, 0.05) is 24.7 Å². The van der Waals surface area contributed by atoms with Crippen molar-refractivity contribution in [3.05, 3.63) is 65.2 Å². The second kappa shape index (κ2) is 7.95. The Labute approximate surface area is 165 Å². The van der Waals surface area contributed by atoms with E-state index in [2.05, 4.69) is 45.9 Å². The monoisotopic (exact) mass is 385 g/mol. The number of fused-ring (bicyclic) bond motifs is 2. The van der Waals surface area contributed by atoms with Crippen LogP contribution in [0.25, 0.3) is 0 Å². The summed E-state index contributed by atoms with van der Waals surface area (Å²) in [5.41, 5.74) is 2.27. The molecule has 2 aromatic carbocycles. The molecular formula is C21H24ClN3S. The van der Waals surface area contributed by atoms with Crippen LogP contribution in [-0.4, -0.2) is 28.1 Å². The van der Waals surface area contributed by atoms with E-state index in [0.29, 0.717) is 28.3 Å². The van der Waals surface area contributed by atoms with Crippen molar-refractivity contribution in [2.45, 2.75) is 50.4 Å². The fraction of sp³-hybridized carbons (Fsp3) is 0.381. The van der Waals surface area contributed by atoms with Crippen LogP contribution >= 0.6 is 23.8 Å². The highest BCUT2D eigenvalue weighted by Crippen LogP contribution is 2.36. The Morgan fingerprint density at radius 1 is 1.00 bits per heavy atom. The lowest BCUT2D eigenvalue weighted by Gasteiger charge is -2.39. The summed E-state index contributed by atoms with van der Waals surface area (Å²) in [6.07, 6.45) is 4.88. The molecule has 2 aliphatic rings. The van der Waals surface area contributed by atoms with Crippen molar-refractivity contribution in [3.63, 3.8) is 0 Å². The molecule has 2 aromatic rings. The third kappa shape index (κ3) is 4.03. The van der Waals surface area contributed by atoms with Crippen LogP contribution in [0.3, 0.4) is 0 Å². The molecule has 2 N–H and O–H groups in total. The first kappa shape index (κ1) is 17.8. The zero-order chi connectivity index (χ0) is 17.9. The van der Waals surface area contributed by atoms with Crippen LogP contribution in [0.2, 0.25) is 5.02 Å². The van der Waals surface area contributed by atoms with Crippen LogP contribution in [0.1, 0.15) is 31.2 Å². The highest BCUT2D eigenvalue weighted by Gasteiger charge is 2.40. The van der Waals surface area contributed by atoms with Crippen LogP contribution in [0.15, 0.2) is 54.6 Å². The van der Waals surface area contributed by atoms with E-state index < -0.39 is 0 Å². The Bertz CT molecular complexity index is 753. The second-order valence-electron chi connectivity index (χ2n) is 7.29. The van der Waals surface area contributed by atoms with E-state index in [1.165, 1.54) is 18.4 Å². The second-order valence-corrected chi connectivity index (χ2v) is 8.11. The molecule has 136 valence electrons. The molecule has 4 rings (SSSR count). The molecule has 2 saturated heterocycles. The number of piperidine rings is 1. The average Bonchev–Trinajstić information content (AvgIpc) is 2.87. The van der Waals surface area contributed by atoms with Gasteiger partial charge in [0.25, 0.3) is 0 Å². The maximum Gasteiger partial charge on any atom is 0.171 e. The van der Waals surface area contributed by atoms with Crippen molar-refractivity contribution in [3.8, 4) is 0 Å². The highest BCUT2D eigenvalue weighted by atomic mass is 35.5. The summed E-state index contributed by atoms with van der Waals surface area (Å²) in [6.45, 7) is 1.06. The Hall–Kier alpha value is -1.62. The number of rotatable bonds is 4. The predicted octanol–water partition coefficient (Wildman–Crippen LogP) is 4.82. The molecule has 2 heterocycles. The standard InChI is InChI=1S/C21H24ClN3S/c22-19-8-4-5-9-20(19)24-21(26)23-16-12-17-10-11-18(13-16)25(17)14-15-6-2-1-3-7-15/h1-9,16-18H,10-14H2,(H2,23,24,26). The molecule has 0 aromatic heterocycles. The summed E-state index contributed by atoms with van der Waals surface area (Å²) < 4.78 is 0. The number of hydrogen-bond donors (Lipinski definition) is 2. The van der Waals surface area contributed by atoms with Gasteiger partial charge in [0.2, 0.25) is 0 Å². The molecule has 5 heteroatoms. The lowest BCUT2D eigenvalue weighted by atomic mass is 9.96. The van der Waals surface area contributed by atoms with Gasteiger partial charge in [-0.1, -0.05) is 54.1 Å². The number of hydrogen-bond acceptors (Lipinski definition) is 2. The number of anilines is 1. The maximum atomic E-state index is 6.21. The first-order valence-electron chi connectivity index (χ1n) is 9.31. The summed E-state index contributed by atoms with van der Waals surface area (Å²) in [4.78, 5) is 2.69. The molecule has 2 fully saturated rings. The van der Waals surface area contributed by atoms with Crippen molar-refractivity contribution in [2.24, 2.45) is 0 Å². The van der Waals surface area contributed by atoms with Gasteiger partial charge in [-0.05, 0) is 55.6 Å². The predicted molar refractivity (Wildman–Crippen MR) is 113 cm³/mol. The van der Waals surface area contributed by atoms with Crippen molar-refractivity contribution in [2.75, 3.05) is 5.32 Å². The molecule has 0 spiro atoms. The van der Waals surface area contributed by atoms with E-state index in [0.717, 1.165) is 25.1 Å². The zero-order valence-corrected chi connectivity index (χ0v) is 16.3. The largest absolute Gasteiger partial charge is 0.360 e. The number of thiocarbonyl (C=S) groups is 1. The smallest absolute Gasteiger partial charge is 0.171 e. The van der Waals surface area contributed by atoms with E-state index >= 15 is 0 Å². The number of para-hydroxylation sites is 1. The molecule has 0 saturated carbocycles. The average molecular weight is 386 g/mol. The van der Waals surface area contributed by atoms with Crippen LogP contribution in [-0.2, 0) is 6.54 Å². The fourth-order valence-corrected chi connectivity index (χ4v) is 4.81. The van der Waals surface area contributed by atoms with Gasteiger partial charge in [-0.2, -0.15) is 0 Å². The molecule has 2 unspecified atom stereocenters. The quantitative estimate of drug-likeness (QED) is 0.737. The van der Waals surface area contributed by atoms with Crippen LogP contribution in [0, 0.1) is 0 Å². The zero-order valence-electron chi connectivity index (χ0n) is 14.7. The van der Waals surface area contributed by atoms with Gasteiger partial charge in [0.1, 0.15) is 0 Å². The normalized spacial score (nSPS) is 25.0. The van der Waals surface area contributed by atoms with Gasteiger partial charge in [-0.15, -0.1) is 0 Å². The van der Waals surface area contributed by atoms with Crippen molar-refractivity contribution >= 4 is 34.6 Å². The Morgan fingerprint density at radius 2 is 1.65 bits per heavy atom. The van der Waals surface area contributed by atoms with Gasteiger partial charge in [-0.25, -0.2) is 0 Å². The highest BCUT2D eigenvalue weighted by molar-refractivity contribution is 7.80. The van der Waals surface area contributed by atoms with Crippen molar-refractivity contribution in [1.29, 1.82) is 0 Å². The number of nitrogens with one attached hydrogen (secondary N) is 2. The molecular weight excluding hydrogens is 362 g/mol. The van der Waals surface area contributed by atoms with Crippen molar-refractivity contribution < 1.29 is 0 Å². The van der Waals surface area contributed by atoms with E-state index in [1.807, 2.05) is 24.3 Å². The molecule has 2 atom stereocenters. The minimum absolute atomic E-state index is 0.432. The van der Waals surface area contributed by atoms with Crippen LogP contribution in [0.5, 0.6) is 0 Å². The lowest BCUT2D eigenvalue weighted by Crippen LogP contribution is -2.50. The number of halogens is 1. The SMILES string of the molecule is S=C(Nc1ccccc1Cl)NC1CC2CCC(C1)N2Cc1ccccc1. The Morgan fingerprint density at radius 3 is 2.35 bits per heavy atom. The molecule has 0 amide bonds. The lowest BCUT2D eigenvalue weighted by molar-refractivity contribution is 0.115. The van der Waals surface area contributed by atoms with Gasteiger partial charge in [0.15, 0.2) is 5.11 Å². The van der Waals surface area contributed by atoms with Crippen LogP contribution in [0.4, 0.5) is 5.69 Å². The van der Waals surface area contributed by atoms with E-state index in [4.69, 9.17) is 23.8 Å². The molecule has 3 nitrogen and oxygen atoms in total.